The molecule has 8 atom stereocenters. The molecule has 0 aromatic rings. The molecule has 0 radical (unpaired) electrons. The van der Waals surface area contributed by atoms with Gasteiger partial charge in [0, 0.05) is 71.0 Å². The Morgan fingerprint density at radius 3 is 1.31 bits per heavy atom. The fraction of sp³-hybridized carbons (Fsp3) is 0.903. The first-order chi connectivity index (χ1) is 31.9. The van der Waals surface area contributed by atoms with Crippen molar-refractivity contribution >= 4 is 131 Å². The van der Waals surface area contributed by atoms with Crippen molar-refractivity contribution in [2.45, 2.75) is 156 Å². The van der Waals surface area contributed by atoms with E-state index in [-0.39, 0.29) is 81.8 Å². The minimum atomic E-state index is -4.34. The summed E-state index contributed by atoms with van der Waals surface area (Å²) >= 11 is 0.125. The van der Waals surface area contributed by atoms with Crippen LogP contribution in [0.1, 0.15) is 39.5 Å². The Morgan fingerprint density at radius 1 is 0.549 bits per heavy atom. The van der Waals surface area contributed by atoms with Crippen molar-refractivity contribution in [3.63, 3.8) is 0 Å². The van der Waals surface area contributed by atoms with Gasteiger partial charge in [-0.1, -0.05) is 0 Å². The summed E-state index contributed by atoms with van der Waals surface area (Å²) in [5.41, 5.74) is 0. The summed E-state index contributed by atoms with van der Waals surface area (Å²) < 4.78 is 116. The normalized spacial score (nSPS) is 31.3. The summed E-state index contributed by atoms with van der Waals surface area (Å²) in [6.45, 7) is 29.6. The van der Waals surface area contributed by atoms with Crippen LogP contribution in [-0.2, 0) is 107 Å². The molecule has 2 bridgehead atoms. The SMILES string of the molecule is CC(=O)CCOCCC[Si]12O[Si@](C)(O[Si@@](C)(O[Si](C)(C)O[Si](C)(C)O)O1)O[Si@](C)(O[Si@@](C)(O)O[Si](C)(C)O[Si@@]1(C)O[Si](O)(CCCOCCC(=O)O)O[Si@@](C)(O[Si](C)(C)O[Si](C)(C)O)O1)O2.C[C-]=O.[O]=[Zn]. The molecule has 3 heterocycles. The standard InChI is InChI=1S/C29H76O24Si13.C2H3O.O.Zn/c1-28(30)20-24-37-23-19-27-66-51-62(15,43-57(8,9)40-55(4,5)34)47-64(17,53-66)48-63(16,52-66)45-59(12,35)41-58(10,11)44-61(14)46-60(13,42-56(6,7)39-54(2,3)33)49-65(36,50-61)26-18-22-38-25-21-29(31)32;1-2-3;;/h33-36H,18-27H2,1-17H3,(H,31,32);1H3;;/q;-1;;/t59-,60-,61+,62+,63-,64+,65?,66?;;;/m0.../s1. The van der Waals surface area contributed by atoms with Gasteiger partial charge in [-0.25, -0.2) is 0 Å². The van der Waals surface area contributed by atoms with Crippen molar-refractivity contribution in [2.75, 3.05) is 26.4 Å². The first-order valence-electron chi connectivity index (χ1n) is 22.7. The van der Waals surface area contributed by atoms with Crippen molar-refractivity contribution < 1.29 is 132 Å². The van der Waals surface area contributed by atoms with Gasteiger partial charge in [-0.15, -0.1) is 0 Å². The molecule has 0 saturated carbocycles. The van der Waals surface area contributed by atoms with E-state index in [0.29, 0.717) is 6.42 Å². The molecule has 3 saturated heterocycles. The number of fused-ring (bicyclic) bond motifs is 2. The Bertz CT molecular complexity index is 1740. The number of hydrogen-bond acceptors (Lipinski definition) is 25. The fourth-order valence-electron chi connectivity index (χ4n) is 7.88. The number of aliphatic carboxylic acids is 1. The number of Topliss-reactive ketones (excluding diaryl/α,β-unsaturated/α-hetero) is 1. The van der Waals surface area contributed by atoms with Gasteiger partial charge < -0.3 is 100 Å². The summed E-state index contributed by atoms with van der Waals surface area (Å²) in [5.74, 6) is -1.00. The van der Waals surface area contributed by atoms with Gasteiger partial charge in [0.25, 0.3) is 0 Å². The molecule has 40 heteroatoms. The molecule has 5 N–H and O–H groups in total. The van der Waals surface area contributed by atoms with Gasteiger partial charge in [-0.05, 0) is 85.2 Å². The number of ether oxygens (including phenoxy) is 2. The van der Waals surface area contributed by atoms with Crippen molar-refractivity contribution in [1.29, 1.82) is 0 Å². The second kappa shape index (κ2) is 27.4. The molecule has 3 fully saturated rings. The molecule has 0 aliphatic carbocycles. The fourth-order valence-corrected chi connectivity index (χ4v) is 69.8. The van der Waals surface area contributed by atoms with Crippen LogP contribution in [0.4, 0.5) is 0 Å². The van der Waals surface area contributed by atoms with Gasteiger partial charge in [0.15, 0.2) is 0 Å². The summed E-state index contributed by atoms with van der Waals surface area (Å²) in [6, 6.07) is 0.194. The molecule has 3 aliphatic rings. The topological polar surface area (TPSA) is 326 Å². The van der Waals surface area contributed by atoms with E-state index in [4.69, 9.17) is 84.7 Å². The Balaban J connectivity index is 0.00000484. The Labute approximate surface area is 442 Å². The van der Waals surface area contributed by atoms with Gasteiger partial charge in [0.05, 0.1) is 19.6 Å². The monoisotopic (exact) mass is 1300 g/mol. The summed E-state index contributed by atoms with van der Waals surface area (Å²) in [7, 11) is -47.8. The Kier molecular flexibility index (Phi) is 27.1. The van der Waals surface area contributed by atoms with Crippen LogP contribution in [0.5, 0.6) is 0 Å². The molecule has 0 amide bonds. The van der Waals surface area contributed by atoms with E-state index in [1.54, 1.807) is 98.2 Å². The number of ketones is 1. The van der Waals surface area contributed by atoms with Crippen molar-refractivity contribution in [3.05, 3.63) is 0 Å². The van der Waals surface area contributed by atoms with Crippen LogP contribution in [0.25, 0.3) is 0 Å². The molecule has 3 rings (SSSR count). The molecule has 26 nitrogen and oxygen atoms in total. The van der Waals surface area contributed by atoms with E-state index in [0.717, 1.165) is 0 Å². The maximum atomic E-state index is 12.1. The van der Waals surface area contributed by atoms with E-state index in [9.17, 15) is 28.8 Å². The average molecular weight is 1300 g/mol. The van der Waals surface area contributed by atoms with Crippen LogP contribution in [0, 0.1) is 0 Å². The number of carbonyl (C=O) groups is 2. The summed E-state index contributed by atoms with van der Waals surface area (Å²) in [5, 5.41) is 8.96. The van der Waals surface area contributed by atoms with E-state index >= 15 is 0 Å². The van der Waals surface area contributed by atoms with E-state index in [1.807, 2.05) is 0 Å². The molecular formula is C31H79O26Si13Zn-. The van der Waals surface area contributed by atoms with E-state index in [2.05, 4.69) is 0 Å². The van der Waals surface area contributed by atoms with Crippen LogP contribution >= 0.6 is 0 Å². The van der Waals surface area contributed by atoms with Gasteiger partial charge in [-0.3, -0.25) is 15.9 Å². The average Bonchev–Trinajstić information content (AvgIpc) is 3.05. The number of rotatable bonds is 28. The molecule has 71 heavy (non-hydrogen) atoms. The summed E-state index contributed by atoms with van der Waals surface area (Å²) in [4.78, 5) is 76.4. The summed E-state index contributed by atoms with van der Waals surface area (Å²) in [6.07, 6.45) is 2.22. The van der Waals surface area contributed by atoms with Gasteiger partial charge in [0.2, 0.25) is 0 Å². The second-order valence-corrected chi connectivity index (χ2v) is 60.1. The number of carboxylic acid groups (broad SMARTS) is 1. The van der Waals surface area contributed by atoms with Gasteiger partial charge in [0.1, 0.15) is 5.78 Å². The van der Waals surface area contributed by atoms with Crippen molar-refractivity contribution in [1.82, 2.24) is 0 Å². The number of carbonyl (C=O) groups excluding carboxylic acids is 2. The third-order valence-electron chi connectivity index (χ3n) is 8.53. The number of hydrogen-bond donors (Lipinski definition) is 5. The van der Waals surface area contributed by atoms with Crippen LogP contribution < -0.4 is 0 Å². The second-order valence-electron chi connectivity index (χ2n) is 19.5. The predicted octanol–water partition coefficient (Wildman–Crippen LogP) is 3.31. The number of carboxylic acids is 1. The first-order valence-corrected chi connectivity index (χ1v) is 55.4. The Morgan fingerprint density at radius 2 is 0.915 bits per heavy atom. The molecule has 0 spiro atoms. The zero-order chi connectivity index (χ0) is 55.5. The molecule has 2 unspecified atom stereocenters. The zero-order valence-electron chi connectivity index (χ0n) is 44.6. The zero-order valence-corrected chi connectivity index (χ0v) is 60.6. The van der Waals surface area contributed by atoms with Crippen LogP contribution in [0.15, 0.2) is 0 Å². The Hall–Kier alpha value is 1.21. The molecule has 0 aromatic heterocycles. The molecule has 414 valence electrons. The third-order valence-corrected chi connectivity index (χ3v) is 57.8. The minimum absolute atomic E-state index is 0.000687. The van der Waals surface area contributed by atoms with Gasteiger partial charge in [-0.2, -0.15) is 6.92 Å². The predicted molar refractivity (Wildman–Crippen MR) is 274 cm³/mol. The van der Waals surface area contributed by atoms with Crippen molar-refractivity contribution in [2.24, 2.45) is 0 Å². The van der Waals surface area contributed by atoms with Crippen LogP contribution in [0.3, 0.4) is 0 Å². The van der Waals surface area contributed by atoms with E-state index < -0.39 is 119 Å². The maximum absolute atomic E-state index is 12.1. The van der Waals surface area contributed by atoms with Crippen LogP contribution in [-0.4, -0.2) is 182 Å². The third kappa shape index (κ3) is 27.6. The van der Waals surface area contributed by atoms with E-state index in [1.165, 1.54) is 26.7 Å². The quantitative estimate of drug-likeness (QED) is 0.0426. The van der Waals surface area contributed by atoms with Gasteiger partial charge >= 0.3 is 141 Å². The molecular weight excluding hydrogens is 1220 g/mol. The van der Waals surface area contributed by atoms with Crippen molar-refractivity contribution in [3.8, 4) is 0 Å². The molecule has 0 aromatic carbocycles. The first kappa shape index (κ1) is 70.2. The molecule has 3 aliphatic heterocycles. The van der Waals surface area contributed by atoms with Crippen LogP contribution in [0.2, 0.25) is 117 Å².